The Bertz CT molecular complexity index is 593. The fraction of sp³-hybridized carbons (Fsp3) is 0.500. The number of hydrogen-bond donors (Lipinski definition) is 2. The van der Waals surface area contributed by atoms with Crippen molar-refractivity contribution in [3.05, 3.63) is 18.0 Å². The predicted molar refractivity (Wildman–Crippen MR) is 70.0 cm³/mol. The highest BCUT2D eigenvalue weighted by atomic mass is 16.4. The number of carboxylic acid groups (broad SMARTS) is 1. The number of nitrogens with one attached hydrogen (secondary N) is 1. The molecule has 0 bridgehead atoms. The first-order valence-electron chi connectivity index (χ1n) is 6.15. The van der Waals surface area contributed by atoms with Crippen molar-refractivity contribution >= 4 is 17.4 Å². The summed E-state index contributed by atoms with van der Waals surface area (Å²) >= 11 is 0. The average Bonchev–Trinajstić information content (AvgIpc) is 2.69. The van der Waals surface area contributed by atoms with Crippen LogP contribution in [0.4, 0.5) is 5.82 Å². The number of carboxylic acids is 1. The third-order valence-electron chi connectivity index (χ3n) is 2.75. The van der Waals surface area contributed by atoms with Gasteiger partial charge in [0.1, 0.15) is 11.9 Å². The van der Waals surface area contributed by atoms with E-state index in [-0.39, 0.29) is 5.92 Å². The zero-order valence-corrected chi connectivity index (χ0v) is 11.2. The molecule has 0 aliphatic heterocycles. The average molecular weight is 263 g/mol. The van der Waals surface area contributed by atoms with Gasteiger partial charge in [-0.1, -0.05) is 13.8 Å². The third kappa shape index (κ3) is 2.98. The van der Waals surface area contributed by atoms with Gasteiger partial charge < -0.3 is 10.4 Å². The normalized spacial score (nSPS) is 12.8. The fourth-order valence-corrected chi connectivity index (χ4v) is 1.84. The van der Waals surface area contributed by atoms with Crippen molar-refractivity contribution in [1.29, 1.82) is 0 Å². The van der Waals surface area contributed by atoms with Crippen molar-refractivity contribution in [3.63, 3.8) is 0 Å². The lowest BCUT2D eigenvalue weighted by Gasteiger charge is -2.16. The van der Waals surface area contributed by atoms with Crippen LogP contribution in [-0.2, 0) is 4.79 Å². The lowest BCUT2D eigenvalue weighted by molar-refractivity contribution is -0.138. The summed E-state index contributed by atoms with van der Waals surface area (Å²) in [6.07, 6.45) is 0.538. The Hall–Kier alpha value is -2.18. The lowest BCUT2D eigenvalue weighted by atomic mass is 10.0. The molecular formula is C12H17N5O2. The minimum Gasteiger partial charge on any atom is -0.480 e. The molecule has 0 aromatic carbocycles. The summed E-state index contributed by atoms with van der Waals surface area (Å²) in [5.74, 6) is 0.572. The molecule has 19 heavy (non-hydrogen) atoms. The third-order valence-corrected chi connectivity index (χ3v) is 2.75. The molecule has 0 fully saturated rings. The molecule has 102 valence electrons. The molecule has 2 aromatic heterocycles. The summed E-state index contributed by atoms with van der Waals surface area (Å²) in [7, 11) is 0. The summed E-state index contributed by atoms with van der Waals surface area (Å²) in [5.41, 5.74) is 0.638. The number of aliphatic carboxylic acids is 1. The van der Waals surface area contributed by atoms with E-state index in [4.69, 9.17) is 0 Å². The summed E-state index contributed by atoms with van der Waals surface area (Å²) in [6.45, 7) is 5.76. The summed E-state index contributed by atoms with van der Waals surface area (Å²) in [4.78, 5) is 11.2. The second-order valence-corrected chi connectivity index (χ2v) is 4.90. The summed E-state index contributed by atoms with van der Waals surface area (Å²) in [6, 6.07) is 2.81. The second kappa shape index (κ2) is 5.21. The number of hydrogen-bond acceptors (Lipinski definition) is 5. The molecule has 0 spiro atoms. The highest BCUT2D eigenvalue weighted by Gasteiger charge is 2.19. The lowest BCUT2D eigenvalue weighted by Crippen LogP contribution is -2.31. The number of rotatable bonds is 5. The van der Waals surface area contributed by atoms with Gasteiger partial charge in [-0.05, 0) is 31.4 Å². The van der Waals surface area contributed by atoms with Gasteiger partial charge >= 0.3 is 5.97 Å². The van der Waals surface area contributed by atoms with Gasteiger partial charge in [0.05, 0.1) is 0 Å². The number of aromatic nitrogens is 4. The molecule has 2 rings (SSSR count). The first kappa shape index (κ1) is 13.3. The molecule has 0 saturated heterocycles. The number of anilines is 1. The maximum absolute atomic E-state index is 11.2. The van der Waals surface area contributed by atoms with Crippen LogP contribution in [0.2, 0.25) is 0 Å². The van der Waals surface area contributed by atoms with Crippen molar-refractivity contribution in [3.8, 4) is 0 Å². The molecule has 7 nitrogen and oxygen atoms in total. The monoisotopic (exact) mass is 263 g/mol. The Labute approximate surface area is 110 Å². The molecule has 0 radical (unpaired) electrons. The van der Waals surface area contributed by atoms with E-state index in [1.165, 1.54) is 0 Å². The van der Waals surface area contributed by atoms with Gasteiger partial charge in [-0.2, -0.15) is 4.52 Å². The Morgan fingerprint density at radius 1 is 1.42 bits per heavy atom. The van der Waals surface area contributed by atoms with Crippen LogP contribution in [-0.4, -0.2) is 36.9 Å². The quantitative estimate of drug-likeness (QED) is 0.845. The van der Waals surface area contributed by atoms with Gasteiger partial charge in [-0.25, -0.2) is 4.79 Å². The Morgan fingerprint density at radius 3 is 2.79 bits per heavy atom. The molecule has 0 aliphatic carbocycles. The van der Waals surface area contributed by atoms with Crippen LogP contribution in [0.3, 0.4) is 0 Å². The van der Waals surface area contributed by atoms with Gasteiger partial charge in [-0.15, -0.1) is 15.3 Å². The van der Waals surface area contributed by atoms with Gasteiger partial charge in [0.15, 0.2) is 11.5 Å². The maximum atomic E-state index is 11.2. The van der Waals surface area contributed by atoms with E-state index in [0.717, 1.165) is 0 Å². The Balaban J connectivity index is 2.23. The maximum Gasteiger partial charge on any atom is 0.326 e. The first-order chi connectivity index (χ1) is 8.97. The van der Waals surface area contributed by atoms with Crippen LogP contribution in [0.15, 0.2) is 12.1 Å². The number of fused-ring (bicyclic) bond motifs is 1. The summed E-state index contributed by atoms with van der Waals surface area (Å²) < 4.78 is 1.58. The zero-order chi connectivity index (χ0) is 14.0. The number of carbonyl (C=O) groups is 1. The molecule has 2 N–H and O–H groups in total. The summed E-state index contributed by atoms with van der Waals surface area (Å²) in [5, 5.41) is 24.2. The molecule has 0 saturated carbocycles. The standard InChI is InChI=1S/C12H17N5O2/c1-7(2)6-9(12(18)19)13-10-4-5-11-15-14-8(3)17(11)16-10/h4-5,7,9H,6H2,1-3H3,(H,13,16)(H,18,19)/t9-/m0/s1. The zero-order valence-electron chi connectivity index (χ0n) is 11.2. The molecule has 0 unspecified atom stereocenters. The first-order valence-corrected chi connectivity index (χ1v) is 6.15. The molecule has 0 aliphatic rings. The Morgan fingerprint density at radius 2 is 2.16 bits per heavy atom. The molecule has 2 aromatic rings. The number of nitrogens with zero attached hydrogens (tertiary/aromatic N) is 4. The fourth-order valence-electron chi connectivity index (χ4n) is 1.84. The second-order valence-electron chi connectivity index (χ2n) is 4.90. The smallest absolute Gasteiger partial charge is 0.326 e. The van der Waals surface area contributed by atoms with Crippen LogP contribution in [0.5, 0.6) is 0 Å². The van der Waals surface area contributed by atoms with Crippen LogP contribution < -0.4 is 5.32 Å². The van der Waals surface area contributed by atoms with Gasteiger partial charge in [0.2, 0.25) is 0 Å². The van der Waals surface area contributed by atoms with Gasteiger partial charge in [0, 0.05) is 0 Å². The molecular weight excluding hydrogens is 246 g/mol. The SMILES string of the molecule is Cc1nnc2ccc(N[C@@H](CC(C)C)C(=O)O)nn12. The van der Waals surface area contributed by atoms with Crippen molar-refractivity contribution in [2.24, 2.45) is 5.92 Å². The van der Waals surface area contributed by atoms with Gasteiger partial charge in [0.25, 0.3) is 0 Å². The van der Waals surface area contributed by atoms with Crippen LogP contribution in [0.1, 0.15) is 26.1 Å². The highest BCUT2D eigenvalue weighted by molar-refractivity contribution is 5.76. The van der Waals surface area contributed by atoms with Crippen LogP contribution in [0, 0.1) is 12.8 Å². The minimum absolute atomic E-state index is 0.286. The van der Waals surface area contributed by atoms with E-state index in [1.807, 2.05) is 13.8 Å². The van der Waals surface area contributed by atoms with E-state index in [0.29, 0.717) is 23.7 Å². The number of aryl methyl sites for hydroxylation is 1. The van der Waals surface area contributed by atoms with Crippen molar-refractivity contribution in [1.82, 2.24) is 19.8 Å². The van der Waals surface area contributed by atoms with Crippen LogP contribution in [0.25, 0.3) is 5.65 Å². The molecule has 7 heteroatoms. The van der Waals surface area contributed by atoms with Crippen LogP contribution >= 0.6 is 0 Å². The topological polar surface area (TPSA) is 92.4 Å². The van der Waals surface area contributed by atoms with E-state index in [2.05, 4.69) is 20.6 Å². The van der Waals surface area contributed by atoms with Crippen molar-refractivity contribution in [2.45, 2.75) is 33.2 Å². The highest BCUT2D eigenvalue weighted by Crippen LogP contribution is 2.12. The van der Waals surface area contributed by atoms with E-state index >= 15 is 0 Å². The van der Waals surface area contributed by atoms with E-state index in [1.54, 1.807) is 23.6 Å². The van der Waals surface area contributed by atoms with E-state index in [9.17, 15) is 9.90 Å². The predicted octanol–water partition coefficient (Wildman–Crippen LogP) is 1.34. The van der Waals surface area contributed by atoms with Crippen molar-refractivity contribution < 1.29 is 9.90 Å². The minimum atomic E-state index is -0.879. The molecule has 2 heterocycles. The largest absolute Gasteiger partial charge is 0.480 e. The molecule has 1 atom stereocenters. The van der Waals surface area contributed by atoms with E-state index < -0.39 is 12.0 Å². The van der Waals surface area contributed by atoms with Crippen molar-refractivity contribution in [2.75, 3.05) is 5.32 Å². The van der Waals surface area contributed by atoms with Gasteiger partial charge in [-0.3, -0.25) is 0 Å². The molecule has 0 amide bonds. The Kier molecular flexibility index (Phi) is 3.64.